The van der Waals surface area contributed by atoms with E-state index in [0.717, 1.165) is 6.42 Å². The smallest absolute Gasteiger partial charge is 0.225 e. The fourth-order valence-corrected chi connectivity index (χ4v) is 3.60. The minimum Gasteiger partial charge on any atom is -0.394 e. The van der Waals surface area contributed by atoms with Crippen LogP contribution in [0.3, 0.4) is 0 Å². The number of rotatable bonds is 18. The summed E-state index contributed by atoms with van der Waals surface area (Å²) in [5, 5.41) is 30.6. The van der Waals surface area contributed by atoms with Gasteiger partial charge in [0.25, 0.3) is 0 Å². The number of carbonyl (C=O) groups is 1. The molecule has 6 heteroatoms. The first kappa shape index (κ1) is 25.7. The number of carbonyl (C=O) groups excluding carboxylic acids is 1. The molecule has 155 valence electrons. The molecule has 0 aliphatic rings. The van der Waals surface area contributed by atoms with E-state index < -0.39 is 25.4 Å². The topological polar surface area (TPSA) is 89.8 Å². The Bertz CT molecular complexity index is 330. The average molecular weight is 391 g/mol. The van der Waals surface area contributed by atoms with Crippen LogP contribution in [0.15, 0.2) is 0 Å². The van der Waals surface area contributed by atoms with Crippen molar-refractivity contribution in [1.82, 2.24) is 5.32 Å². The van der Waals surface area contributed by atoms with E-state index in [0.29, 0.717) is 11.0 Å². The van der Waals surface area contributed by atoms with Crippen LogP contribution in [-0.2, 0) is 4.79 Å². The van der Waals surface area contributed by atoms with Crippen molar-refractivity contribution < 1.29 is 20.1 Å². The van der Waals surface area contributed by atoms with E-state index in [1.165, 1.54) is 64.2 Å². The van der Waals surface area contributed by atoms with Gasteiger partial charge in [0.1, 0.15) is 5.54 Å². The van der Waals surface area contributed by atoms with Crippen molar-refractivity contribution in [2.24, 2.45) is 0 Å². The van der Waals surface area contributed by atoms with Gasteiger partial charge in [-0.15, -0.1) is 0 Å². The minimum atomic E-state index is -1.35. The number of hydrogen-bond acceptors (Lipinski definition) is 5. The monoisotopic (exact) mass is 390 g/mol. The first-order valence-electron chi connectivity index (χ1n) is 10.1. The van der Waals surface area contributed by atoms with Gasteiger partial charge < -0.3 is 20.6 Å². The molecule has 0 fully saturated rings. The van der Waals surface area contributed by atoms with Gasteiger partial charge in [-0.05, 0) is 6.42 Å². The third-order valence-electron chi connectivity index (χ3n) is 4.66. The van der Waals surface area contributed by atoms with E-state index in [2.05, 4.69) is 19.2 Å². The SMILES string of the molecule is CCCCCCCCCCCC(C)SC[CH]C(=O)NC(CO)(CO)CO. The van der Waals surface area contributed by atoms with E-state index in [1.807, 2.05) is 0 Å². The summed E-state index contributed by atoms with van der Waals surface area (Å²) in [7, 11) is 0. The van der Waals surface area contributed by atoms with Crippen LogP contribution < -0.4 is 5.32 Å². The molecule has 1 unspecified atom stereocenters. The van der Waals surface area contributed by atoms with Crippen LogP contribution in [0.5, 0.6) is 0 Å². The number of aliphatic hydroxyl groups is 3. The number of nitrogens with one attached hydrogen (secondary N) is 1. The zero-order valence-corrected chi connectivity index (χ0v) is 17.5. The predicted octanol–water partition coefficient (Wildman–Crippen LogP) is 3.07. The standard InChI is InChI=1S/C20H40NO4S/c1-3-4-5-6-7-8-9-10-11-12-18(2)26-14-13-19(25)21-20(15-22,16-23)17-24/h13,18,22-24H,3-12,14-17H2,1-2H3,(H,21,25). The third-order valence-corrected chi connectivity index (χ3v) is 5.82. The quantitative estimate of drug-likeness (QED) is 0.270. The van der Waals surface area contributed by atoms with Crippen LogP contribution in [0.4, 0.5) is 0 Å². The van der Waals surface area contributed by atoms with E-state index in [4.69, 9.17) is 0 Å². The molecule has 0 aliphatic carbocycles. The average Bonchev–Trinajstić information content (AvgIpc) is 2.65. The first-order chi connectivity index (χ1) is 12.5. The van der Waals surface area contributed by atoms with E-state index in [1.54, 1.807) is 11.8 Å². The molecule has 0 saturated heterocycles. The molecule has 26 heavy (non-hydrogen) atoms. The molecule has 5 nitrogen and oxygen atoms in total. The summed E-state index contributed by atoms with van der Waals surface area (Å²) < 4.78 is 0. The van der Waals surface area contributed by atoms with Crippen molar-refractivity contribution in [3.8, 4) is 0 Å². The summed E-state index contributed by atoms with van der Waals surface area (Å²) in [6.07, 6.45) is 14.7. The van der Waals surface area contributed by atoms with E-state index >= 15 is 0 Å². The lowest BCUT2D eigenvalue weighted by Gasteiger charge is -2.28. The molecular formula is C20H40NO4S. The molecule has 1 atom stereocenters. The third kappa shape index (κ3) is 13.0. The summed E-state index contributed by atoms with van der Waals surface area (Å²) in [5.74, 6) is 0.216. The Balaban J connectivity index is 3.62. The molecular weight excluding hydrogens is 350 g/mol. The zero-order chi connectivity index (χ0) is 19.7. The van der Waals surface area contributed by atoms with Crippen LogP contribution in [0.1, 0.15) is 78.1 Å². The lowest BCUT2D eigenvalue weighted by atomic mass is 10.0. The zero-order valence-electron chi connectivity index (χ0n) is 16.7. The van der Waals surface area contributed by atoms with Crippen LogP contribution in [0.25, 0.3) is 0 Å². The highest BCUT2D eigenvalue weighted by Crippen LogP contribution is 2.19. The maximum absolute atomic E-state index is 11.8. The second-order valence-corrected chi connectivity index (χ2v) is 8.68. The molecule has 0 heterocycles. The molecule has 0 aliphatic heterocycles. The second-order valence-electron chi connectivity index (χ2n) is 7.21. The van der Waals surface area contributed by atoms with Gasteiger partial charge in [-0.25, -0.2) is 0 Å². The highest BCUT2D eigenvalue weighted by molar-refractivity contribution is 8.00. The van der Waals surface area contributed by atoms with E-state index in [-0.39, 0.29) is 5.91 Å². The fourth-order valence-electron chi connectivity index (χ4n) is 2.69. The molecule has 0 saturated carbocycles. The number of unbranched alkanes of at least 4 members (excludes halogenated alkanes) is 8. The van der Waals surface area contributed by atoms with Gasteiger partial charge in [-0.1, -0.05) is 71.6 Å². The van der Waals surface area contributed by atoms with Gasteiger partial charge in [-0.2, -0.15) is 11.8 Å². The summed E-state index contributed by atoms with van der Waals surface area (Å²) >= 11 is 1.73. The summed E-state index contributed by atoms with van der Waals surface area (Å²) in [5.41, 5.74) is -1.35. The Labute approximate surface area is 164 Å². The molecule has 0 aromatic heterocycles. The van der Waals surface area contributed by atoms with Crippen molar-refractivity contribution in [3.63, 3.8) is 0 Å². The molecule has 0 spiro atoms. The van der Waals surface area contributed by atoms with Crippen molar-refractivity contribution in [2.75, 3.05) is 25.6 Å². The highest BCUT2D eigenvalue weighted by atomic mass is 32.2. The predicted molar refractivity (Wildman–Crippen MR) is 110 cm³/mol. The molecule has 0 aromatic carbocycles. The van der Waals surface area contributed by atoms with E-state index in [9.17, 15) is 20.1 Å². The molecule has 0 aromatic rings. The molecule has 0 bridgehead atoms. The maximum atomic E-state index is 11.8. The van der Waals surface area contributed by atoms with Gasteiger partial charge in [0.15, 0.2) is 0 Å². The van der Waals surface area contributed by atoms with Crippen molar-refractivity contribution in [1.29, 1.82) is 0 Å². The lowest BCUT2D eigenvalue weighted by molar-refractivity contribution is -0.121. The summed E-state index contributed by atoms with van der Waals surface area (Å²) in [6, 6.07) is 0. The van der Waals surface area contributed by atoms with Crippen LogP contribution >= 0.6 is 11.8 Å². The molecule has 1 radical (unpaired) electrons. The van der Waals surface area contributed by atoms with Crippen LogP contribution in [-0.4, -0.2) is 57.6 Å². The van der Waals surface area contributed by atoms with Gasteiger partial charge in [0, 0.05) is 11.0 Å². The van der Waals surface area contributed by atoms with Crippen molar-refractivity contribution in [3.05, 3.63) is 6.42 Å². The number of thioether (sulfide) groups is 1. The number of amides is 1. The summed E-state index contributed by atoms with van der Waals surface area (Å²) in [4.78, 5) is 11.8. The maximum Gasteiger partial charge on any atom is 0.225 e. The Morgan fingerprint density at radius 3 is 1.96 bits per heavy atom. The second kappa shape index (κ2) is 16.8. The van der Waals surface area contributed by atoms with Gasteiger partial charge in [0.05, 0.1) is 26.2 Å². The Kier molecular flexibility index (Phi) is 16.6. The van der Waals surface area contributed by atoms with Crippen LogP contribution in [0.2, 0.25) is 0 Å². The van der Waals surface area contributed by atoms with Crippen molar-refractivity contribution in [2.45, 2.75) is 88.8 Å². The minimum absolute atomic E-state index is 0.370. The first-order valence-corrected chi connectivity index (χ1v) is 11.2. The summed E-state index contributed by atoms with van der Waals surface area (Å²) in [6.45, 7) is 2.93. The van der Waals surface area contributed by atoms with Crippen LogP contribution in [0, 0.1) is 6.42 Å². The van der Waals surface area contributed by atoms with Crippen molar-refractivity contribution >= 4 is 17.7 Å². The van der Waals surface area contributed by atoms with Gasteiger partial charge >= 0.3 is 0 Å². The fraction of sp³-hybridized carbons (Fsp3) is 0.900. The largest absolute Gasteiger partial charge is 0.394 e. The Morgan fingerprint density at radius 1 is 0.962 bits per heavy atom. The van der Waals surface area contributed by atoms with Gasteiger partial charge in [-0.3, -0.25) is 4.79 Å². The number of aliphatic hydroxyl groups excluding tert-OH is 3. The normalized spacial score (nSPS) is 13.0. The Hall–Kier alpha value is -0.300. The molecule has 0 rings (SSSR count). The van der Waals surface area contributed by atoms with Gasteiger partial charge in [0.2, 0.25) is 5.91 Å². The highest BCUT2D eigenvalue weighted by Gasteiger charge is 2.29. The number of hydrogen-bond donors (Lipinski definition) is 4. The molecule has 1 amide bonds. The molecule has 4 N–H and O–H groups in total. The Morgan fingerprint density at radius 2 is 1.46 bits per heavy atom. The lowest BCUT2D eigenvalue weighted by Crippen LogP contribution is -2.57.